The summed E-state index contributed by atoms with van der Waals surface area (Å²) in [5, 5.41) is 7.24. The van der Waals surface area contributed by atoms with Crippen molar-refractivity contribution in [3.05, 3.63) is 52.7 Å². The fourth-order valence-corrected chi connectivity index (χ4v) is 3.00. The van der Waals surface area contributed by atoms with Crippen LogP contribution in [0.2, 0.25) is 0 Å². The quantitative estimate of drug-likeness (QED) is 0.613. The standard InChI is InChI=1S/C19H22FN3O3/c1-12-17-15(23-22-14-8-6-13(20)7-9-14)4-3-5-16(17)26-18(12)19(24)21-10-11-25-2/h6-9,22H,3-5,10-11H2,1-2H3,(H,21,24)/b23-15+. The zero-order valence-corrected chi connectivity index (χ0v) is 14.9. The Morgan fingerprint density at radius 2 is 2.08 bits per heavy atom. The third kappa shape index (κ3) is 3.94. The van der Waals surface area contributed by atoms with E-state index in [0.717, 1.165) is 41.9 Å². The van der Waals surface area contributed by atoms with Crippen molar-refractivity contribution >= 4 is 17.3 Å². The molecule has 1 aliphatic carbocycles. The van der Waals surface area contributed by atoms with Crippen LogP contribution in [-0.2, 0) is 11.2 Å². The van der Waals surface area contributed by atoms with E-state index < -0.39 is 0 Å². The minimum atomic E-state index is -0.294. The van der Waals surface area contributed by atoms with Crippen LogP contribution in [0.4, 0.5) is 10.1 Å². The molecule has 138 valence electrons. The first-order valence-corrected chi connectivity index (χ1v) is 8.58. The van der Waals surface area contributed by atoms with E-state index in [1.54, 1.807) is 19.2 Å². The molecule has 1 aliphatic rings. The number of carbonyl (C=O) groups is 1. The summed E-state index contributed by atoms with van der Waals surface area (Å²) in [5.41, 5.74) is 6.17. The molecule has 1 aromatic heterocycles. The monoisotopic (exact) mass is 359 g/mol. The van der Waals surface area contributed by atoms with Gasteiger partial charge in [0, 0.05) is 31.2 Å². The largest absolute Gasteiger partial charge is 0.455 e. The third-order valence-electron chi connectivity index (χ3n) is 4.29. The minimum absolute atomic E-state index is 0.250. The second kappa shape index (κ2) is 8.14. The van der Waals surface area contributed by atoms with Crippen LogP contribution in [0.15, 0.2) is 33.8 Å². The Hall–Kier alpha value is -2.67. The topological polar surface area (TPSA) is 75.9 Å². The molecule has 1 aromatic carbocycles. The second-order valence-electron chi connectivity index (χ2n) is 6.13. The van der Waals surface area contributed by atoms with Crippen molar-refractivity contribution in [3.8, 4) is 0 Å². The molecule has 7 heteroatoms. The van der Waals surface area contributed by atoms with Crippen LogP contribution in [0, 0.1) is 12.7 Å². The van der Waals surface area contributed by atoms with Gasteiger partial charge in [0.2, 0.25) is 0 Å². The molecule has 0 spiro atoms. The number of nitrogens with zero attached hydrogens (tertiary/aromatic N) is 1. The fourth-order valence-electron chi connectivity index (χ4n) is 3.00. The van der Waals surface area contributed by atoms with Crippen molar-refractivity contribution in [1.82, 2.24) is 5.32 Å². The average molecular weight is 359 g/mol. The van der Waals surface area contributed by atoms with E-state index in [2.05, 4.69) is 15.8 Å². The predicted molar refractivity (Wildman–Crippen MR) is 97.2 cm³/mol. The number of methoxy groups -OCH3 is 1. The molecule has 0 aliphatic heterocycles. The zero-order chi connectivity index (χ0) is 18.5. The van der Waals surface area contributed by atoms with E-state index in [4.69, 9.17) is 9.15 Å². The Bertz CT molecular complexity index is 812. The second-order valence-corrected chi connectivity index (χ2v) is 6.13. The number of furan rings is 1. The normalized spacial score (nSPS) is 15.0. The number of nitrogens with one attached hydrogen (secondary N) is 2. The molecule has 1 amide bonds. The van der Waals surface area contributed by atoms with E-state index >= 15 is 0 Å². The van der Waals surface area contributed by atoms with E-state index in [1.807, 2.05) is 6.92 Å². The van der Waals surface area contributed by atoms with E-state index in [0.29, 0.717) is 24.6 Å². The van der Waals surface area contributed by atoms with Crippen LogP contribution in [0.1, 0.15) is 40.3 Å². The number of hydrogen-bond donors (Lipinski definition) is 2. The van der Waals surface area contributed by atoms with Crippen molar-refractivity contribution in [2.75, 3.05) is 25.7 Å². The molecule has 0 bridgehead atoms. The molecule has 0 radical (unpaired) electrons. The third-order valence-corrected chi connectivity index (χ3v) is 4.29. The van der Waals surface area contributed by atoms with Gasteiger partial charge >= 0.3 is 0 Å². The number of benzene rings is 1. The van der Waals surface area contributed by atoms with Crippen LogP contribution < -0.4 is 10.7 Å². The lowest BCUT2D eigenvalue weighted by molar-refractivity contribution is 0.0907. The van der Waals surface area contributed by atoms with Gasteiger partial charge in [-0.1, -0.05) is 0 Å². The first kappa shape index (κ1) is 18.1. The number of amides is 1. The number of hydrazone groups is 1. The van der Waals surface area contributed by atoms with Crippen LogP contribution in [0.5, 0.6) is 0 Å². The van der Waals surface area contributed by atoms with Crippen LogP contribution in [0.25, 0.3) is 0 Å². The molecule has 26 heavy (non-hydrogen) atoms. The van der Waals surface area contributed by atoms with E-state index in [9.17, 15) is 9.18 Å². The lowest BCUT2D eigenvalue weighted by Gasteiger charge is -2.13. The lowest BCUT2D eigenvalue weighted by atomic mass is 9.93. The molecule has 2 aromatic rings. The van der Waals surface area contributed by atoms with Crippen molar-refractivity contribution < 1.29 is 18.3 Å². The summed E-state index contributed by atoms with van der Waals surface area (Å²) >= 11 is 0. The molecule has 0 saturated carbocycles. The van der Waals surface area contributed by atoms with Crippen LogP contribution in [0.3, 0.4) is 0 Å². The molecule has 6 nitrogen and oxygen atoms in total. The van der Waals surface area contributed by atoms with Gasteiger partial charge in [0.1, 0.15) is 11.6 Å². The number of anilines is 1. The molecule has 2 N–H and O–H groups in total. The molecule has 0 fully saturated rings. The van der Waals surface area contributed by atoms with Crippen LogP contribution >= 0.6 is 0 Å². The van der Waals surface area contributed by atoms with Crippen LogP contribution in [-0.4, -0.2) is 31.9 Å². The molecular formula is C19H22FN3O3. The van der Waals surface area contributed by atoms with Gasteiger partial charge in [-0.15, -0.1) is 0 Å². The highest BCUT2D eigenvalue weighted by Gasteiger charge is 2.27. The van der Waals surface area contributed by atoms with Crippen molar-refractivity contribution in [1.29, 1.82) is 0 Å². The summed E-state index contributed by atoms with van der Waals surface area (Å²) in [6.07, 6.45) is 2.46. The molecular weight excluding hydrogens is 337 g/mol. The van der Waals surface area contributed by atoms with Gasteiger partial charge in [-0.3, -0.25) is 10.2 Å². The summed E-state index contributed by atoms with van der Waals surface area (Å²) in [6, 6.07) is 6.00. The molecule has 0 unspecified atom stereocenters. The first-order chi connectivity index (χ1) is 12.6. The maximum Gasteiger partial charge on any atom is 0.287 e. The number of hydrogen-bond acceptors (Lipinski definition) is 5. The van der Waals surface area contributed by atoms with Crippen molar-refractivity contribution in [3.63, 3.8) is 0 Å². The van der Waals surface area contributed by atoms with Gasteiger partial charge in [-0.05, 0) is 44.0 Å². The van der Waals surface area contributed by atoms with Crippen molar-refractivity contribution in [2.24, 2.45) is 5.10 Å². The number of rotatable bonds is 6. The van der Waals surface area contributed by atoms with Gasteiger partial charge in [0.25, 0.3) is 5.91 Å². The smallest absolute Gasteiger partial charge is 0.287 e. The van der Waals surface area contributed by atoms with Gasteiger partial charge < -0.3 is 14.5 Å². The highest BCUT2D eigenvalue weighted by molar-refractivity contribution is 6.06. The maximum atomic E-state index is 13.0. The highest BCUT2D eigenvalue weighted by Crippen LogP contribution is 2.30. The lowest BCUT2D eigenvalue weighted by Crippen LogP contribution is -2.27. The predicted octanol–water partition coefficient (Wildman–Crippen LogP) is 3.26. The van der Waals surface area contributed by atoms with Gasteiger partial charge in [0.15, 0.2) is 5.76 Å². The number of carbonyl (C=O) groups excluding carboxylic acids is 1. The minimum Gasteiger partial charge on any atom is -0.455 e. The Balaban J connectivity index is 1.81. The van der Waals surface area contributed by atoms with Crippen molar-refractivity contribution in [2.45, 2.75) is 26.2 Å². The Kier molecular flexibility index (Phi) is 5.68. The summed E-state index contributed by atoms with van der Waals surface area (Å²) in [4.78, 5) is 12.3. The fraction of sp³-hybridized carbons (Fsp3) is 0.368. The molecule has 1 heterocycles. The molecule has 0 saturated heterocycles. The number of halogens is 1. The SMILES string of the molecule is COCCNC(=O)c1oc2c(c1C)/C(=N/Nc1ccc(F)cc1)CCC2. The Morgan fingerprint density at radius 1 is 1.31 bits per heavy atom. The van der Waals surface area contributed by atoms with E-state index in [-0.39, 0.29) is 11.7 Å². The summed E-state index contributed by atoms with van der Waals surface area (Å²) in [6.45, 7) is 2.74. The highest BCUT2D eigenvalue weighted by atomic mass is 19.1. The Labute approximate surface area is 151 Å². The average Bonchev–Trinajstić information content (AvgIpc) is 2.99. The van der Waals surface area contributed by atoms with E-state index in [1.165, 1.54) is 12.1 Å². The molecule has 0 atom stereocenters. The number of fused-ring (bicyclic) bond motifs is 1. The van der Waals surface area contributed by atoms with Gasteiger partial charge in [-0.2, -0.15) is 5.10 Å². The zero-order valence-electron chi connectivity index (χ0n) is 14.9. The molecule has 3 rings (SSSR count). The number of ether oxygens (including phenoxy) is 1. The first-order valence-electron chi connectivity index (χ1n) is 8.58. The Morgan fingerprint density at radius 3 is 2.81 bits per heavy atom. The van der Waals surface area contributed by atoms with Gasteiger partial charge in [-0.25, -0.2) is 4.39 Å². The summed E-state index contributed by atoms with van der Waals surface area (Å²) in [7, 11) is 1.58. The summed E-state index contributed by atoms with van der Waals surface area (Å²) in [5.74, 6) is 0.561. The van der Waals surface area contributed by atoms with Gasteiger partial charge in [0.05, 0.1) is 18.0 Å². The maximum absolute atomic E-state index is 13.0. The summed E-state index contributed by atoms with van der Waals surface area (Å²) < 4.78 is 23.8. The number of aryl methyl sites for hydroxylation is 1.